The minimum Gasteiger partial charge on any atom is -0.493 e. The average molecular weight is 738 g/mol. The van der Waals surface area contributed by atoms with Gasteiger partial charge in [0.05, 0.1) is 25.3 Å². The molecule has 1 amide bonds. The molecule has 4 heterocycles. The molecule has 1 saturated heterocycles. The molecule has 0 aromatic heterocycles. The van der Waals surface area contributed by atoms with Crippen LogP contribution in [0.5, 0.6) is 28.7 Å². The van der Waals surface area contributed by atoms with E-state index in [1.165, 1.54) is 0 Å². The van der Waals surface area contributed by atoms with E-state index in [0.717, 1.165) is 33.4 Å². The van der Waals surface area contributed by atoms with Crippen molar-refractivity contribution < 1.29 is 38.0 Å². The Kier molecular flexibility index (Phi) is 10.2. The number of alkyl carbamates (subject to hydrolysis) is 1. The Morgan fingerprint density at radius 2 is 1.88 bits per heavy atom. The summed E-state index contributed by atoms with van der Waals surface area (Å²) in [6, 6.07) is 2.83. The smallest absolute Gasteiger partial charge is 0.407 e. The normalized spacial score (nSPS) is 23.8. The van der Waals surface area contributed by atoms with E-state index in [1.807, 2.05) is 20.9 Å². The molecule has 0 unspecified atom stereocenters. The number of aryl methyl sites for hydroxylation is 1. The van der Waals surface area contributed by atoms with Gasteiger partial charge in [-0.15, -0.1) is 0 Å². The Morgan fingerprint density at radius 1 is 1.12 bits per heavy atom. The fraction of sp³-hybridized carbons (Fsp3) is 0.529. The van der Waals surface area contributed by atoms with Gasteiger partial charge in [-0.2, -0.15) is 5.26 Å². The summed E-state index contributed by atoms with van der Waals surface area (Å²) in [5.41, 5.74) is 5.43. The summed E-state index contributed by atoms with van der Waals surface area (Å²) in [7, 11) is 5.24. The molecule has 0 saturated carbocycles. The number of hydrogen-bond acceptors (Lipinski definition) is 11. The van der Waals surface area contributed by atoms with Gasteiger partial charge < -0.3 is 38.5 Å². The van der Waals surface area contributed by atoms with E-state index in [4.69, 9.17) is 68.0 Å². The van der Waals surface area contributed by atoms with Crippen LogP contribution in [-0.2, 0) is 22.3 Å². The highest BCUT2D eigenvalue weighted by molar-refractivity contribution is 6.67. The van der Waals surface area contributed by atoms with E-state index in [-0.39, 0.29) is 44.9 Å². The first-order chi connectivity index (χ1) is 23.4. The molecule has 4 aliphatic rings. The highest BCUT2D eigenvalue weighted by Gasteiger charge is 2.57. The first kappa shape index (κ1) is 35.5. The first-order valence-corrected chi connectivity index (χ1v) is 17.0. The molecular formula is C34H39Cl3N4O8. The minimum atomic E-state index is -1.78. The quantitative estimate of drug-likeness (QED) is 0.190. The minimum absolute atomic E-state index is 0.0186. The predicted molar refractivity (Wildman–Crippen MR) is 182 cm³/mol. The third-order valence-electron chi connectivity index (χ3n) is 9.72. The molecule has 0 radical (unpaired) electrons. The number of nitrogens with one attached hydrogen (secondary N) is 1. The van der Waals surface area contributed by atoms with E-state index in [0.29, 0.717) is 41.6 Å². The van der Waals surface area contributed by atoms with Crippen molar-refractivity contribution in [3.8, 4) is 34.8 Å². The number of amides is 1. The van der Waals surface area contributed by atoms with Crippen molar-refractivity contribution in [2.24, 2.45) is 0 Å². The molecule has 6 rings (SSSR count). The number of halogens is 3. The van der Waals surface area contributed by atoms with E-state index in [1.54, 1.807) is 20.3 Å². The lowest BCUT2D eigenvalue weighted by molar-refractivity contribution is -0.0731. The highest BCUT2D eigenvalue weighted by Crippen LogP contribution is 2.58. The number of nitrogens with zero attached hydrogens (tertiary/aromatic N) is 3. The lowest BCUT2D eigenvalue weighted by Gasteiger charge is -2.60. The molecule has 5 atom stereocenters. The van der Waals surface area contributed by atoms with Gasteiger partial charge in [-0.05, 0) is 44.9 Å². The summed E-state index contributed by atoms with van der Waals surface area (Å²) < 4.78 is 39.4. The molecule has 0 aliphatic carbocycles. The largest absolute Gasteiger partial charge is 0.493 e. The van der Waals surface area contributed by atoms with Crippen LogP contribution >= 0.6 is 34.8 Å². The second kappa shape index (κ2) is 14.1. The number of carbonyl (C=O) groups excluding carboxylic acids is 1. The zero-order chi connectivity index (χ0) is 35.2. The summed E-state index contributed by atoms with van der Waals surface area (Å²) in [4.78, 5) is 17.4. The van der Waals surface area contributed by atoms with Crippen LogP contribution in [0.25, 0.3) is 0 Å². The number of ether oxygens (including phenoxy) is 7. The number of rotatable bonds is 10. The number of likely N-dealkylation sites (N-methyl/N-ethyl adjacent to an activating group) is 1. The van der Waals surface area contributed by atoms with Crippen LogP contribution < -0.4 is 29.0 Å². The van der Waals surface area contributed by atoms with Crippen molar-refractivity contribution in [1.82, 2.24) is 15.1 Å². The molecule has 2 bridgehead atoms. The molecule has 12 nitrogen and oxygen atoms in total. The van der Waals surface area contributed by atoms with Crippen molar-refractivity contribution in [2.75, 3.05) is 54.6 Å². The van der Waals surface area contributed by atoms with Gasteiger partial charge in [0.2, 0.25) is 10.6 Å². The number of benzene rings is 2. The van der Waals surface area contributed by atoms with Crippen molar-refractivity contribution in [3.05, 3.63) is 52.1 Å². The Hall–Kier alpha value is -3.31. The number of alkyl halides is 3. The second-order valence-electron chi connectivity index (χ2n) is 12.5. The van der Waals surface area contributed by atoms with Crippen LogP contribution in [0.3, 0.4) is 0 Å². The Bertz CT molecular complexity index is 1680. The van der Waals surface area contributed by atoms with Crippen molar-refractivity contribution >= 4 is 40.9 Å². The number of nitriles is 1. The number of carbonyl (C=O) groups is 1. The maximum absolute atomic E-state index is 13.0. The van der Waals surface area contributed by atoms with E-state index < -0.39 is 28.6 Å². The predicted octanol–water partition coefficient (Wildman–Crippen LogP) is 5.46. The third-order valence-corrected chi connectivity index (χ3v) is 10.0. The number of piperazine rings is 1. The molecule has 2 aromatic carbocycles. The Balaban J connectivity index is 1.55. The van der Waals surface area contributed by atoms with Gasteiger partial charge in [0.1, 0.15) is 25.0 Å². The van der Waals surface area contributed by atoms with Gasteiger partial charge in [-0.1, -0.05) is 53.5 Å². The van der Waals surface area contributed by atoms with Crippen LogP contribution in [0.4, 0.5) is 4.79 Å². The maximum Gasteiger partial charge on any atom is 0.407 e. The maximum atomic E-state index is 13.0. The summed E-state index contributed by atoms with van der Waals surface area (Å²) in [5, 5.41) is 13.8. The number of hydrogen-bond donors (Lipinski definition) is 1. The summed E-state index contributed by atoms with van der Waals surface area (Å²) >= 11 is 17.5. The molecule has 49 heavy (non-hydrogen) atoms. The SMILES string of the molecule is C=CCOc1c(C)c2c(c3c1C[C@H]1[C@H]4c5c(cc(C)c(OC)c5OCOC)C[C@H]([C@H](C#N)N1[C@H]3CNC(=O)OCC(Cl)(Cl)Cl)N4C)OCO2. The van der Waals surface area contributed by atoms with Gasteiger partial charge in [0.25, 0.3) is 0 Å². The van der Waals surface area contributed by atoms with Crippen LogP contribution in [0.2, 0.25) is 0 Å². The van der Waals surface area contributed by atoms with E-state index in [2.05, 4.69) is 33.8 Å². The first-order valence-electron chi connectivity index (χ1n) is 15.8. The van der Waals surface area contributed by atoms with Gasteiger partial charge in [-0.3, -0.25) is 9.80 Å². The van der Waals surface area contributed by atoms with E-state index in [9.17, 15) is 10.1 Å². The molecular weight excluding hydrogens is 699 g/mol. The van der Waals surface area contributed by atoms with E-state index >= 15 is 0 Å². The van der Waals surface area contributed by atoms with Crippen LogP contribution in [0, 0.1) is 25.2 Å². The fourth-order valence-electron chi connectivity index (χ4n) is 7.98. The lowest BCUT2D eigenvalue weighted by atomic mass is 9.71. The molecule has 4 aliphatic heterocycles. The topological polar surface area (TPSA) is 124 Å². The Labute approximate surface area is 300 Å². The number of methoxy groups -OCH3 is 2. The van der Waals surface area contributed by atoms with Crippen molar-refractivity contribution in [3.63, 3.8) is 0 Å². The van der Waals surface area contributed by atoms with Crippen LogP contribution in [0.15, 0.2) is 18.7 Å². The lowest BCUT2D eigenvalue weighted by Crippen LogP contribution is -2.68. The second-order valence-corrected chi connectivity index (χ2v) is 15.0. The van der Waals surface area contributed by atoms with Gasteiger partial charge in [0.15, 0.2) is 29.8 Å². The highest BCUT2D eigenvalue weighted by atomic mass is 35.6. The van der Waals surface area contributed by atoms with Crippen molar-refractivity contribution in [1.29, 1.82) is 5.26 Å². The number of fused-ring (bicyclic) bond motifs is 9. The Morgan fingerprint density at radius 3 is 2.55 bits per heavy atom. The summed E-state index contributed by atoms with van der Waals surface area (Å²) in [5.74, 6) is 2.99. The summed E-state index contributed by atoms with van der Waals surface area (Å²) in [6.45, 7) is 7.66. The summed E-state index contributed by atoms with van der Waals surface area (Å²) in [6.07, 6.45) is 1.96. The fourth-order valence-corrected chi connectivity index (χ4v) is 8.15. The third kappa shape index (κ3) is 6.30. The van der Waals surface area contributed by atoms with Gasteiger partial charge in [0, 0.05) is 48.0 Å². The zero-order valence-corrected chi connectivity index (χ0v) is 30.2. The van der Waals surface area contributed by atoms with Crippen LogP contribution in [0.1, 0.15) is 45.5 Å². The molecule has 1 N–H and O–H groups in total. The van der Waals surface area contributed by atoms with Crippen molar-refractivity contribution in [2.45, 2.75) is 60.7 Å². The van der Waals surface area contributed by atoms with Crippen LogP contribution in [-0.4, -0.2) is 92.4 Å². The zero-order valence-electron chi connectivity index (χ0n) is 27.9. The molecule has 2 aromatic rings. The van der Waals surface area contributed by atoms with Gasteiger partial charge in [-0.25, -0.2) is 4.79 Å². The average Bonchev–Trinajstić information content (AvgIpc) is 3.55. The molecule has 0 spiro atoms. The standard InChI is InChI=1S/C34H39Cl3N4O8/c1-7-8-45-29-18(3)30-32(49-16-48-30)26-20(29)11-22-27-25-19(9-17(2)28(44-6)31(25)47-15-43-5)10-21(40(27)4)23(12-38)41(22)24(26)13-39-33(42)46-14-34(35,36)37/h7,9,21-24,27H,1,8,10-11,13-16H2,2-6H3,(H,39,42)/t21-,22+,23+,24+,27+/m1/s1. The van der Waals surface area contributed by atoms with Gasteiger partial charge >= 0.3 is 6.09 Å². The molecule has 1 fully saturated rings. The monoisotopic (exact) mass is 736 g/mol. The molecule has 15 heteroatoms. The molecule has 264 valence electrons.